The van der Waals surface area contributed by atoms with Crippen molar-refractivity contribution in [2.24, 2.45) is 0 Å². The van der Waals surface area contributed by atoms with E-state index in [2.05, 4.69) is 0 Å². The summed E-state index contributed by atoms with van der Waals surface area (Å²) in [4.78, 5) is 1.47. The molecule has 78 valence electrons. The summed E-state index contributed by atoms with van der Waals surface area (Å²) in [6.07, 6.45) is 0. The predicted octanol–water partition coefficient (Wildman–Crippen LogP) is 1.51. The Morgan fingerprint density at radius 2 is 2.00 bits per heavy atom. The van der Waals surface area contributed by atoms with E-state index < -0.39 is 11.6 Å². The molecule has 0 unspecified atom stereocenters. The van der Waals surface area contributed by atoms with E-state index in [0.29, 0.717) is 5.56 Å². The molecule has 0 amide bonds. The van der Waals surface area contributed by atoms with Crippen LogP contribution in [0, 0.1) is 11.6 Å². The number of anilines is 1. The molecule has 14 heavy (non-hydrogen) atoms. The number of hydroxylamine groups is 1. The van der Waals surface area contributed by atoms with Crippen LogP contribution in [-0.4, -0.2) is 19.3 Å². The highest BCUT2D eigenvalue weighted by atomic mass is 19.2. The van der Waals surface area contributed by atoms with E-state index >= 15 is 0 Å². The summed E-state index contributed by atoms with van der Waals surface area (Å²) in [7, 11) is 3.24. The van der Waals surface area contributed by atoms with Crippen molar-refractivity contribution >= 4 is 5.69 Å². The molecule has 0 radical (unpaired) electrons. The monoisotopic (exact) mass is 202 g/mol. The summed E-state index contributed by atoms with van der Waals surface area (Å²) in [6, 6.07) is 2.52. The lowest BCUT2D eigenvalue weighted by molar-refractivity contribution is 0.161. The zero-order valence-corrected chi connectivity index (χ0v) is 8.01. The molecule has 0 saturated heterocycles. The van der Waals surface area contributed by atoms with Crippen molar-refractivity contribution in [1.82, 2.24) is 5.48 Å². The summed E-state index contributed by atoms with van der Waals surface area (Å²) in [5, 5.41) is 8.43. The van der Waals surface area contributed by atoms with Crippen LogP contribution in [0.1, 0.15) is 5.56 Å². The molecule has 0 saturated carbocycles. The summed E-state index contributed by atoms with van der Waals surface area (Å²) in [5.74, 6) is -1.79. The van der Waals surface area contributed by atoms with Crippen molar-refractivity contribution < 1.29 is 14.0 Å². The van der Waals surface area contributed by atoms with Crippen LogP contribution in [0.2, 0.25) is 0 Å². The second kappa shape index (κ2) is 4.34. The number of rotatable bonds is 3. The molecule has 1 aromatic carbocycles. The van der Waals surface area contributed by atoms with Gasteiger partial charge >= 0.3 is 0 Å². The first-order valence-electron chi connectivity index (χ1n) is 4.08. The molecule has 1 rings (SSSR count). The number of nitrogens with one attached hydrogen (secondary N) is 1. The second-order valence-corrected chi connectivity index (χ2v) is 3.14. The van der Waals surface area contributed by atoms with Gasteiger partial charge in [0.2, 0.25) is 0 Å². The first kappa shape index (κ1) is 10.9. The minimum atomic E-state index is -0.915. The molecule has 0 spiro atoms. The Labute approximate surface area is 80.9 Å². The van der Waals surface area contributed by atoms with Gasteiger partial charge < -0.3 is 10.1 Å². The van der Waals surface area contributed by atoms with Crippen molar-refractivity contribution in [3.63, 3.8) is 0 Å². The molecule has 1 aromatic rings. The molecule has 0 aliphatic carbocycles. The van der Waals surface area contributed by atoms with Gasteiger partial charge in [-0.15, -0.1) is 0 Å². The molecule has 0 atom stereocenters. The molecular formula is C9H12F2N2O. The largest absolute Gasteiger partial charge is 0.375 e. The summed E-state index contributed by atoms with van der Waals surface area (Å²) >= 11 is 0. The van der Waals surface area contributed by atoms with Gasteiger partial charge in [0.1, 0.15) is 0 Å². The smallest absolute Gasteiger partial charge is 0.182 e. The minimum absolute atomic E-state index is 0.0814. The van der Waals surface area contributed by atoms with Crippen LogP contribution < -0.4 is 10.4 Å². The lowest BCUT2D eigenvalue weighted by atomic mass is 10.1. The Kier molecular flexibility index (Phi) is 3.38. The van der Waals surface area contributed by atoms with E-state index in [1.54, 1.807) is 14.1 Å². The number of benzene rings is 1. The average Bonchev–Trinajstić information content (AvgIpc) is 2.11. The first-order chi connectivity index (χ1) is 6.56. The zero-order valence-electron chi connectivity index (χ0n) is 8.01. The topological polar surface area (TPSA) is 35.5 Å². The predicted molar refractivity (Wildman–Crippen MR) is 49.3 cm³/mol. The molecule has 0 aliphatic heterocycles. The Morgan fingerprint density at radius 3 is 2.50 bits per heavy atom. The maximum atomic E-state index is 13.2. The Hall–Kier alpha value is -1.20. The first-order valence-corrected chi connectivity index (χ1v) is 4.08. The fraction of sp³-hybridized carbons (Fsp3) is 0.333. The van der Waals surface area contributed by atoms with Gasteiger partial charge in [0.05, 0.1) is 5.69 Å². The highest BCUT2D eigenvalue weighted by molar-refractivity contribution is 5.49. The van der Waals surface area contributed by atoms with Crippen molar-refractivity contribution in [3.05, 3.63) is 29.3 Å². The van der Waals surface area contributed by atoms with Crippen LogP contribution in [0.25, 0.3) is 0 Å². The highest BCUT2D eigenvalue weighted by Crippen LogP contribution is 2.21. The fourth-order valence-corrected chi connectivity index (χ4v) is 1.15. The summed E-state index contributed by atoms with van der Waals surface area (Å²) in [5.41, 5.74) is 2.53. The van der Waals surface area contributed by atoms with Crippen molar-refractivity contribution in [2.75, 3.05) is 19.0 Å². The van der Waals surface area contributed by atoms with Gasteiger partial charge in [-0.25, -0.2) is 14.3 Å². The van der Waals surface area contributed by atoms with E-state index in [1.165, 1.54) is 11.0 Å². The van der Waals surface area contributed by atoms with Crippen LogP contribution in [-0.2, 0) is 6.54 Å². The lowest BCUT2D eigenvalue weighted by Gasteiger charge is -2.15. The fourth-order valence-electron chi connectivity index (χ4n) is 1.15. The number of halogens is 2. The van der Waals surface area contributed by atoms with Crippen molar-refractivity contribution in [2.45, 2.75) is 6.54 Å². The number of nitrogens with zero attached hydrogens (tertiary/aromatic N) is 1. The maximum absolute atomic E-state index is 13.2. The van der Waals surface area contributed by atoms with E-state index in [9.17, 15) is 8.78 Å². The van der Waals surface area contributed by atoms with E-state index in [1.807, 2.05) is 5.48 Å². The van der Waals surface area contributed by atoms with E-state index in [4.69, 9.17) is 5.21 Å². The maximum Gasteiger partial charge on any atom is 0.182 e. The highest BCUT2D eigenvalue weighted by Gasteiger charge is 2.11. The van der Waals surface area contributed by atoms with Crippen LogP contribution >= 0.6 is 0 Å². The van der Waals surface area contributed by atoms with Gasteiger partial charge in [0.25, 0.3) is 0 Å². The molecule has 0 aliphatic rings. The molecule has 5 heteroatoms. The van der Waals surface area contributed by atoms with Gasteiger partial charge in [-0.05, 0) is 17.7 Å². The summed E-state index contributed by atoms with van der Waals surface area (Å²) < 4.78 is 26.2. The second-order valence-electron chi connectivity index (χ2n) is 3.14. The number of hydrogen-bond acceptors (Lipinski definition) is 3. The summed E-state index contributed by atoms with van der Waals surface area (Å²) in [6.45, 7) is 0.0814. The zero-order chi connectivity index (χ0) is 10.7. The molecule has 0 bridgehead atoms. The average molecular weight is 202 g/mol. The van der Waals surface area contributed by atoms with Crippen LogP contribution in [0.4, 0.5) is 14.5 Å². The molecular weight excluding hydrogens is 190 g/mol. The molecule has 0 fully saturated rings. The standard InChI is InChI=1S/C9H12F2N2O/c1-13(2)8-4-6(5-12-14)3-7(10)9(8)11/h3-4,12,14H,5H2,1-2H3. The Morgan fingerprint density at radius 1 is 1.36 bits per heavy atom. The van der Waals surface area contributed by atoms with Crippen LogP contribution in [0.3, 0.4) is 0 Å². The van der Waals surface area contributed by atoms with Crippen LogP contribution in [0.15, 0.2) is 12.1 Å². The number of hydrogen-bond donors (Lipinski definition) is 2. The van der Waals surface area contributed by atoms with E-state index in [0.717, 1.165) is 6.07 Å². The molecule has 0 heterocycles. The van der Waals surface area contributed by atoms with Crippen molar-refractivity contribution in [3.8, 4) is 0 Å². The van der Waals surface area contributed by atoms with Crippen molar-refractivity contribution in [1.29, 1.82) is 0 Å². The minimum Gasteiger partial charge on any atom is -0.375 e. The third-order valence-electron chi connectivity index (χ3n) is 1.83. The quantitative estimate of drug-likeness (QED) is 0.729. The van der Waals surface area contributed by atoms with Crippen LogP contribution in [0.5, 0.6) is 0 Å². The lowest BCUT2D eigenvalue weighted by Crippen LogP contribution is -2.14. The third kappa shape index (κ3) is 2.18. The normalized spacial score (nSPS) is 10.4. The van der Waals surface area contributed by atoms with Gasteiger partial charge in [-0.2, -0.15) is 0 Å². The molecule has 3 nitrogen and oxygen atoms in total. The van der Waals surface area contributed by atoms with Gasteiger partial charge in [-0.3, -0.25) is 0 Å². The van der Waals surface area contributed by atoms with Gasteiger partial charge in [-0.1, -0.05) is 0 Å². The third-order valence-corrected chi connectivity index (χ3v) is 1.83. The Balaban J connectivity index is 3.14. The molecule has 0 aromatic heterocycles. The SMILES string of the molecule is CN(C)c1cc(CNO)cc(F)c1F. The van der Waals surface area contributed by atoms with Gasteiger partial charge in [0.15, 0.2) is 11.6 Å². The van der Waals surface area contributed by atoms with E-state index in [-0.39, 0.29) is 12.2 Å². The molecule has 2 N–H and O–H groups in total. The Bertz CT molecular complexity index is 329. The van der Waals surface area contributed by atoms with Gasteiger partial charge in [0, 0.05) is 20.6 Å².